The van der Waals surface area contributed by atoms with Crippen molar-refractivity contribution in [2.45, 2.75) is 6.17 Å². The van der Waals surface area contributed by atoms with Crippen LogP contribution in [-0.2, 0) is 0 Å². The van der Waals surface area contributed by atoms with Crippen LogP contribution in [-0.4, -0.2) is 10.8 Å². The number of rotatable bonds is 3. The molecule has 0 bridgehead atoms. The molecule has 4 aromatic rings. The molecule has 0 radical (unpaired) electrons. The number of nitrogens with zero attached hydrogens (tertiary/aromatic N) is 2. The van der Waals surface area contributed by atoms with Crippen LogP contribution in [0.3, 0.4) is 0 Å². The topological polar surface area (TPSA) is 75.5 Å². The molecule has 1 atom stereocenters. The van der Waals surface area contributed by atoms with Crippen LogP contribution in [0, 0.1) is 10.1 Å². The van der Waals surface area contributed by atoms with Crippen molar-refractivity contribution in [2.24, 2.45) is 0 Å². The van der Waals surface area contributed by atoms with Gasteiger partial charge in [-0.2, -0.15) is 0 Å². The summed E-state index contributed by atoms with van der Waals surface area (Å²) >= 11 is 0. The molecule has 6 nitrogen and oxygen atoms in total. The van der Waals surface area contributed by atoms with Gasteiger partial charge in [-0.3, -0.25) is 19.8 Å². The first kappa shape index (κ1) is 17.9. The van der Waals surface area contributed by atoms with Crippen LogP contribution in [0.15, 0.2) is 91.0 Å². The highest BCUT2D eigenvalue weighted by molar-refractivity contribution is 6.12. The lowest BCUT2D eigenvalue weighted by Crippen LogP contribution is -2.43. The van der Waals surface area contributed by atoms with Crippen molar-refractivity contribution in [2.75, 3.05) is 10.2 Å². The van der Waals surface area contributed by atoms with E-state index >= 15 is 0 Å². The Morgan fingerprint density at radius 1 is 0.833 bits per heavy atom. The first-order valence-electron chi connectivity index (χ1n) is 9.54. The van der Waals surface area contributed by atoms with Crippen molar-refractivity contribution in [3.8, 4) is 0 Å². The number of nitrogens with one attached hydrogen (secondary N) is 1. The second-order valence-corrected chi connectivity index (χ2v) is 7.15. The van der Waals surface area contributed by atoms with Gasteiger partial charge in [0, 0.05) is 23.5 Å². The van der Waals surface area contributed by atoms with Gasteiger partial charge in [0.05, 0.1) is 10.5 Å². The Balaban J connectivity index is 1.65. The fourth-order valence-corrected chi connectivity index (χ4v) is 3.86. The molecular formula is C24H17N3O3. The normalized spacial score (nSPS) is 15.5. The van der Waals surface area contributed by atoms with Gasteiger partial charge in [0.15, 0.2) is 0 Å². The van der Waals surface area contributed by atoms with Crippen LogP contribution in [0.2, 0.25) is 0 Å². The minimum absolute atomic E-state index is 0.0125. The quantitative estimate of drug-likeness (QED) is 0.366. The Labute approximate surface area is 172 Å². The number of hydrogen-bond acceptors (Lipinski definition) is 4. The summed E-state index contributed by atoms with van der Waals surface area (Å²) in [5.41, 5.74) is 2.85. The molecule has 1 amide bonds. The molecule has 1 N–H and O–H groups in total. The zero-order chi connectivity index (χ0) is 20.7. The molecule has 1 heterocycles. The van der Waals surface area contributed by atoms with Gasteiger partial charge in [0.25, 0.3) is 11.6 Å². The van der Waals surface area contributed by atoms with E-state index in [1.165, 1.54) is 12.1 Å². The molecule has 30 heavy (non-hydrogen) atoms. The van der Waals surface area contributed by atoms with Crippen molar-refractivity contribution in [3.63, 3.8) is 0 Å². The maximum absolute atomic E-state index is 13.5. The second-order valence-electron chi connectivity index (χ2n) is 7.15. The third-order valence-electron chi connectivity index (χ3n) is 5.36. The van der Waals surface area contributed by atoms with E-state index in [9.17, 15) is 14.9 Å². The van der Waals surface area contributed by atoms with Crippen LogP contribution in [0.4, 0.5) is 17.1 Å². The molecule has 0 spiro atoms. The average Bonchev–Trinajstić information content (AvgIpc) is 2.79. The fraction of sp³-hybridized carbons (Fsp3) is 0.0417. The van der Waals surface area contributed by atoms with Gasteiger partial charge >= 0.3 is 0 Å². The zero-order valence-corrected chi connectivity index (χ0v) is 15.9. The molecule has 6 heteroatoms. The number of hydrogen-bond donors (Lipinski definition) is 1. The summed E-state index contributed by atoms with van der Waals surface area (Å²) in [7, 11) is 0. The van der Waals surface area contributed by atoms with E-state index in [1.807, 2.05) is 60.7 Å². The molecule has 4 aromatic carbocycles. The number of amides is 1. The predicted octanol–water partition coefficient (Wildman–Crippen LogP) is 5.52. The summed E-state index contributed by atoms with van der Waals surface area (Å²) in [6.45, 7) is 0. The van der Waals surface area contributed by atoms with E-state index in [-0.39, 0.29) is 11.6 Å². The van der Waals surface area contributed by atoms with Gasteiger partial charge < -0.3 is 5.32 Å². The van der Waals surface area contributed by atoms with E-state index in [1.54, 1.807) is 23.1 Å². The summed E-state index contributed by atoms with van der Waals surface area (Å²) in [4.78, 5) is 25.8. The predicted molar refractivity (Wildman–Crippen MR) is 117 cm³/mol. The van der Waals surface area contributed by atoms with E-state index in [2.05, 4.69) is 5.32 Å². The van der Waals surface area contributed by atoms with Crippen LogP contribution >= 0.6 is 0 Å². The molecule has 0 saturated carbocycles. The van der Waals surface area contributed by atoms with Crippen molar-refractivity contribution >= 4 is 33.7 Å². The van der Waals surface area contributed by atoms with Crippen LogP contribution in [0.5, 0.6) is 0 Å². The summed E-state index contributed by atoms with van der Waals surface area (Å²) in [6.07, 6.45) is -0.491. The summed E-state index contributed by atoms with van der Waals surface area (Å²) in [5, 5.41) is 16.6. The number of non-ortho nitro benzene ring substituents is 1. The summed E-state index contributed by atoms with van der Waals surface area (Å²) < 4.78 is 0. The van der Waals surface area contributed by atoms with Gasteiger partial charge in [-0.1, -0.05) is 42.5 Å². The molecule has 0 unspecified atom stereocenters. The average molecular weight is 395 g/mol. The highest BCUT2D eigenvalue weighted by Gasteiger charge is 2.34. The molecule has 0 aromatic heterocycles. The zero-order valence-electron chi connectivity index (χ0n) is 15.9. The Bertz CT molecular complexity index is 1280. The largest absolute Gasteiger partial charge is 0.360 e. The van der Waals surface area contributed by atoms with Crippen molar-refractivity contribution < 1.29 is 9.72 Å². The van der Waals surface area contributed by atoms with E-state index in [0.717, 1.165) is 27.7 Å². The van der Waals surface area contributed by atoms with E-state index in [0.29, 0.717) is 5.56 Å². The lowest BCUT2D eigenvalue weighted by molar-refractivity contribution is -0.384. The Morgan fingerprint density at radius 3 is 2.30 bits per heavy atom. The molecular weight excluding hydrogens is 378 g/mol. The summed E-state index contributed by atoms with van der Waals surface area (Å²) in [5.74, 6) is -0.122. The third-order valence-corrected chi connectivity index (χ3v) is 5.36. The van der Waals surface area contributed by atoms with Crippen LogP contribution < -0.4 is 10.2 Å². The number of nitro benzene ring substituents is 1. The maximum Gasteiger partial charge on any atom is 0.269 e. The fourth-order valence-electron chi connectivity index (χ4n) is 3.86. The second kappa shape index (κ2) is 7.00. The highest BCUT2D eigenvalue weighted by atomic mass is 16.6. The van der Waals surface area contributed by atoms with E-state index < -0.39 is 11.1 Å². The molecule has 0 saturated heterocycles. The minimum Gasteiger partial charge on any atom is -0.360 e. The Morgan fingerprint density at radius 2 is 1.53 bits per heavy atom. The van der Waals surface area contributed by atoms with Gasteiger partial charge in [-0.15, -0.1) is 0 Å². The van der Waals surface area contributed by atoms with Crippen molar-refractivity contribution in [1.82, 2.24) is 0 Å². The molecule has 0 aliphatic carbocycles. The van der Waals surface area contributed by atoms with Crippen molar-refractivity contribution in [1.29, 1.82) is 0 Å². The number of nitro groups is 1. The molecule has 5 rings (SSSR count). The number of fused-ring (bicyclic) bond motifs is 2. The first-order valence-corrected chi connectivity index (χ1v) is 9.54. The number of para-hydroxylation sites is 1. The van der Waals surface area contributed by atoms with Gasteiger partial charge in [0.1, 0.15) is 6.17 Å². The number of carbonyl (C=O) groups is 1. The summed E-state index contributed by atoms with van der Waals surface area (Å²) in [6, 6.07) is 27.5. The third kappa shape index (κ3) is 2.95. The number of benzene rings is 4. The molecule has 0 fully saturated rings. The minimum atomic E-state index is -0.491. The van der Waals surface area contributed by atoms with E-state index in [4.69, 9.17) is 0 Å². The monoisotopic (exact) mass is 395 g/mol. The maximum atomic E-state index is 13.5. The molecule has 146 valence electrons. The van der Waals surface area contributed by atoms with Crippen molar-refractivity contribution in [3.05, 3.63) is 112 Å². The van der Waals surface area contributed by atoms with Crippen LogP contribution in [0.25, 0.3) is 10.8 Å². The standard InChI is InChI=1S/C24H17N3O3/c28-24-21-7-3-4-8-22(21)25-23(17-10-12-19(13-11-17)27(29)30)26(24)20-14-9-16-5-1-2-6-18(16)15-20/h1-15,23,25H/t23-/m1/s1. The molecule has 1 aliphatic rings. The SMILES string of the molecule is O=C1c2ccccc2N[C@@H](c2ccc([N+](=O)[O-])cc2)N1c1ccc2ccccc2c1. The number of anilines is 2. The Kier molecular flexibility index (Phi) is 4.17. The lowest BCUT2D eigenvalue weighted by atomic mass is 10.0. The lowest BCUT2D eigenvalue weighted by Gasteiger charge is -2.38. The Hall–Kier alpha value is -4.19. The van der Waals surface area contributed by atoms with Gasteiger partial charge in [-0.05, 0) is 52.7 Å². The number of carbonyl (C=O) groups excluding carboxylic acids is 1. The van der Waals surface area contributed by atoms with Gasteiger partial charge in [-0.25, -0.2) is 0 Å². The van der Waals surface area contributed by atoms with Gasteiger partial charge in [0.2, 0.25) is 0 Å². The molecule has 1 aliphatic heterocycles. The van der Waals surface area contributed by atoms with Crippen LogP contribution in [0.1, 0.15) is 22.1 Å². The smallest absolute Gasteiger partial charge is 0.269 e. The highest BCUT2D eigenvalue weighted by Crippen LogP contribution is 2.37. The first-order chi connectivity index (χ1) is 14.6.